The molecular weight excluding hydrogens is 242 g/mol. The lowest BCUT2D eigenvalue weighted by atomic mass is 9.81. The van der Waals surface area contributed by atoms with E-state index in [-0.39, 0.29) is 5.41 Å². The molecule has 2 aromatic rings. The molecule has 0 saturated heterocycles. The fourth-order valence-corrected chi connectivity index (χ4v) is 1.85. The van der Waals surface area contributed by atoms with E-state index in [1.54, 1.807) is 10.9 Å². The van der Waals surface area contributed by atoms with Gasteiger partial charge in [0, 0.05) is 26.1 Å². The third-order valence-corrected chi connectivity index (χ3v) is 3.37. The van der Waals surface area contributed by atoms with Crippen molar-refractivity contribution in [1.82, 2.24) is 19.9 Å². The van der Waals surface area contributed by atoms with Crippen LogP contribution in [0, 0.1) is 16.7 Å². The van der Waals surface area contributed by atoms with E-state index in [0.717, 1.165) is 12.0 Å². The van der Waals surface area contributed by atoms with Crippen LogP contribution in [0.1, 0.15) is 32.6 Å². The average molecular weight is 259 g/mol. The Morgan fingerprint density at radius 1 is 1.53 bits per heavy atom. The van der Waals surface area contributed by atoms with Crippen molar-refractivity contribution < 1.29 is 4.52 Å². The number of aryl methyl sites for hydroxylation is 1. The van der Waals surface area contributed by atoms with Crippen molar-refractivity contribution in [3.8, 4) is 17.5 Å². The normalized spacial score (nSPS) is 14.0. The molecule has 0 N–H and O–H groups in total. The highest BCUT2D eigenvalue weighted by Gasteiger charge is 2.25. The van der Waals surface area contributed by atoms with Gasteiger partial charge in [-0.25, -0.2) is 0 Å². The van der Waals surface area contributed by atoms with Gasteiger partial charge in [0.2, 0.25) is 11.7 Å². The van der Waals surface area contributed by atoms with Crippen LogP contribution in [0.3, 0.4) is 0 Å². The van der Waals surface area contributed by atoms with Gasteiger partial charge in [0.05, 0.1) is 17.8 Å². The van der Waals surface area contributed by atoms with E-state index in [4.69, 9.17) is 9.78 Å². The summed E-state index contributed by atoms with van der Waals surface area (Å²) in [6, 6.07) is 2.22. The Kier molecular flexibility index (Phi) is 3.65. The maximum Gasteiger partial charge on any atom is 0.227 e. The number of hydrogen-bond donors (Lipinski definition) is 0. The molecule has 1 unspecified atom stereocenters. The predicted octanol–water partition coefficient (Wildman–Crippen LogP) is 2.34. The Morgan fingerprint density at radius 2 is 2.32 bits per heavy atom. The Balaban J connectivity index is 2.16. The zero-order valence-electron chi connectivity index (χ0n) is 11.4. The predicted molar refractivity (Wildman–Crippen MR) is 68.8 cm³/mol. The van der Waals surface area contributed by atoms with Gasteiger partial charge in [0.15, 0.2) is 0 Å². The summed E-state index contributed by atoms with van der Waals surface area (Å²) in [5.74, 6) is 1.11. The molecule has 0 aliphatic heterocycles. The van der Waals surface area contributed by atoms with Gasteiger partial charge in [-0.2, -0.15) is 15.3 Å². The molecule has 0 spiro atoms. The van der Waals surface area contributed by atoms with Gasteiger partial charge in [-0.1, -0.05) is 19.0 Å². The Bertz CT molecular complexity index is 594. The first kappa shape index (κ1) is 13.3. The summed E-state index contributed by atoms with van der Waals surface area (Å²) in [4.78, 5) is 4.37. The molecule has 1 atom stereocenters. The largest absolute Gasteiger partial charge is 0.339 e. The van der Waals surface area contributed by atoms with Crippen LogP contribution in [0.15, 0.2) is 16.9 Å². The summed E-state index contributed by atoms with van der Waals surface area (Å²) >= 11 is 0. The summed E-state index contributed by atoms with van der Waals surface area (Å²) < 4.78 is 6.96. The number of nitriles is 1. The number of rotatable bonds is 5. The number of nitrogens with zero attached hydrogens (tertiary/aromatic N) is 5. The minimum absolute atomic E-state index is 0.118. The minimum atomic E-state index is -0.118. The fourth-order valence-electron chi connectivity index (χ4n) is 1.85. The molecule has 6 nitrogen and oxygen atoms in total. The van der Waals surface area contributed by atoms with Crippen molar-refractivity contribution in [3.05, 3.63) is 18.3 Å². The molecule has 100 valence electrons. The molecule has 0 aliphatic rings. The van der Waals surface area contributed by atoms with Crippen LogP contribution in [0.25, 0.3) is 11.4 Å². The maximum absolute atomic E-state index is 8.87. The maximum atomic E-state index is 8.87. The van der Waals surface area contributed by atoms with Crippen LogP contribution in [0.4, 0.5) is 0 Å². The number of aromatic nitrogens is 4. The van der Waals surface area contributed by atoms with E-state index < -0.39 is 0 Å². The van der Waals surface area contributed by atoms with Crippen LogP contribution >= 0.6 is 0 Å². The number of hydrogen-bond acceptors (Lipinski definition) is 5. The smallest absolute Gasteiger partial charge is 0.227 e. The van der Waals surface area contributed by atoms with Gasteiger partial charge in [0.1, 0.15) is 0 Å². The van der Waals surface area contributed by atoms with Crippen LogP contribution in [0.2, 0.25) is 0 Å². The van der Waals surface area contributed by atoms with Crippen LogP contribution < -0.4 is 0 Å². The van der Waals surface area contributed by atoms with Crippen molar-refractivity contribution in [1.29, 1.82) is 5.26 Å². The van der Waals surface area contributed by atoms with E-state index in [1.807, 2.05) is 13.2 Å². The summed E-state index contributed by atoms with van der Waals surface area (Å²) in [5, 5.41) is 16.9. The fraction of sp³-hybridized carbons (Fsp3) is 0.538. The van der Waals surface area contributed by atoms with Gasteiger partial charge in [-0.15, -0.1) is 0 Å². The highest BCUT2D eigenvalue weighted by atomic mass is 16.5. The minimum Gasteiger partial charge on any atom is -0.339 e. The van der Waals surface area contributed by atoms with E-state index >= 15 is 0 Å². The topological polar surface area (TPSA) is 80.5 Å². The molecule has 0 aliphatic carbocycles. The molecule has 0 saturated carbocycles. The van der Waals surface area contributed by atoms with Crippen LogP contribution in [-0.2, 0) is 13.5 Å². The summed E-state index contributed by atoms with van der Waals surface area (Å²) in [7, 11) is 1.84. The van der Waals surface area contributed by atoms with Crippen LogP contribution in [-0.4, -0.2) is 19.9 Å². The Hall–Kier alpha value is -2.16. The Morgan fingerprint density at radius 3 is 2.89 bits per heavy atom. The molecule has 2 heterocycles. The second kappa shape index (κ2) is 5.22. The quantitative estimate of drug-likeness (QED) is 0.823. The second-order valence-corrected chi connectivity index (χ2v) is 5.09. The third kappa shape index (κ3) is 2.99. The lowest BCUT2D eigenvalue weighted by Gasteiger charge is -2.22. The molecular formula is C13H17N5O. The summed E-state index contributed by atoms with van der Waals surface area (Å²) in [6.45, 7) is 4.12. The van der Waals surface area contributed by atoms with Gasteiger partial charge in [-0.05, 0) is 11.8 Å². The lowest BCUT2D eigenvalue weighted by Crippen LogP contribution is -2.18. The third-order valence-electron chi connectivity index (χ3n) is 3.37. The van der Waals surface area contributed by atoms with Gasteiger partial charge in [-0.3, -0.25) is 4.68 Å². The van der Waals surface area contributed by atoms with E-state index in [1.165, 1.54) is 0 Å². The lowest BCUT2D eigenvalue weighted by molar-refractivity contribution is 0.266. The summed E-state index contributed by atoms with van der Waals surface area (Å²) in [6.07, 6.45) is 5.52. The van der Waals surface area contributed by atoms with Crippen molar-refractivity contribution in [3.63, 3.8) is 0 Å². The first-order valence-corrected chi connectivity index (χ1v) is 6.25. The molecule has 0 amide bonds. The molecule has 0 fully saturated rings. The van der Waals surface area contributed by atoms with Crippen molar-refractivity contribution in [2.24, 2.45) is 12.5 Å². The first-order valence-electron chi connectivity index (χ1n) is 6.25. The van der Waals surface area contributed by atoms with Gasteiger partial charge >= 0.3 is 0 Å². The van der Waals surface area contributed by atoms with E-state index in [9.17, 15) is 0 Å². The second-order valence-electron chi connectivity index (χ2n) is 5.09. The highest BCUT2D eigenvalue weighted by molar-refractivity contribution is 5.50. The average Bonchev–Trinajstić information content (AvgIpc) is 2.98. The van der Waals surface area contributed by atoms with Crippen molar-refractivity contribution in [2.75, 3.05) is 0 Å². The molecule has 0 radical (unpaired) electrons. The van der Waals surface area contributed by atoms with Gasteiger partial charge in [0.25, 0.3) is 0 Å². The van der Waals surface area contributed by atoms with Crippen molar-refractivity contribution >= 4 is 0 Å². The highest BCUT2D eigenvalue weighted by Crippen LogP contribution is 2.30. The van der Waals surface area contributed by atoms with Gasteiger partial charge < -0.3 is 4.52 Å². The molecule has 2 rings (SSSR count). The molecule has 2 aromatic heterocycles. The standard InChI is InChI=1S/C13H17N5O/c1-4-13(2,5-6-14)7-11-16-12(17-19-11)10-8-15-18(3)9-10/h8-9H,4-5,7H2,1-3H3. The SMILES string of the molecule is CCC(C)(CC#N)Cc1nc(-c2cnn(C)c2)no1. The first-order chi connectivity index (χ1) is 9.06. The van der Waals surface area contributed by atoms with Crippen molar-refractivity contribution in [2.45, 2.75) is 33.1 Å². The Labute approximate surface area is 112 Å². The zero-order valence-corrected chi connectivity index (χ0v) is 11.4. The molecule has 6 heteroatoms. The monoisotopic (exact) mass is 259 g/mol. The molecule has 0 aromatic carbocycles. The van der Waals surface area contributed by atoms with E-state index in [0.29, 0.717) is 24.6 Å². The van der Waals surface area contributed by atoms with E-state index in [2.05, 4.69) is 35.2 Å². The van der Waals surface area contributed by atoms with Crippen LogP contribution in [0.5, 0.6) is 0 Å². The molecule has 0 bridgehead atoms. The zero-order chi connectivity index (χ0) is 13.9. The summed E-state index contributed by atoms with van der Waals surface area (Å²) in [5.41, 5.74) is 0.712. The molecule has 19 heavy (non-hydrogen) atoms.